The lowest BCUT2D eigenvalue weighted by Gasteiger charge is -2.16. The lowest BCUT2D eigenvalue weighted by molar-refractivity contribution is -0.140. The topological polar surface area (TPSA) is 75.6 Å². The molecule has 2 N–H and O–H groups in total. The quantitative estimate of drug-likeness (QED) is 0.809. The van der Waals surface area contributed by atoms with Gasteiger partial charge >= 0.3 is 5.97 Å². The van der Waals surface area contributed by atoms with Crippen LogP contribution in [0.5, 0.6) is 0 Å². The van der Waals surface area contributed by atoms with Crippen LogP contribution in [0.2, 0.25) is 0 Å². The Morgan fingerprint density at radius 1 is 1.37 bits per heavy atom. The molecule has 1 amide bonds. The molecule has 0 saturated heterocycles. The normalized spacial score (nSPS) is 22.6. The summed E-state index contributed by atoms with van der Waals surface area (Å²) in [6.07, 6.45) is 0.219. The van der Waals surface area contributed by atoms with Crippen LogP contribution in [0.1, 0.15) is 18.1 Å². The number of benzene rings is 1. The summed E-state index contributed by atoms with van der Waals surface area (Å²) in [6.45, 7) is 0.349. The Kier molecular flexibility index (Phi) is 4.16. The molecule has 0 aliphatic heterocycles. The molecule has 102 valence electrons. The van der Waals surface area contributed by atoms with Crippen LogP contribution in [-0.4, -0.2) is 30.6 Å². The highest BCUT2D eigenvalue weighted by Gasteiger charge is 2.48. The fraction of sp³-hybridized carbons (Fsp3) is 0.429. The summed E-state index contributed by atoms with van der Waals surface area (Å²) in [5.74, 6) is -2.00. The van der Waals surface area contributed by atoms with Crippen molar-refractivity contribution >= 4 is 11.9 Å². The first-order valence-electron chi connectivity index (χ1n) is 6.21. The van der Waals surface area contributed by atoms with Gasteiger partial charge in [0.05, 0.1) is 17.9 Å². The molecule has 2 rings (SSSR count). The summed E-state index contributed by atoms with van der Waals surface area (Å²) in [6, 6.07) is 9.58. The second-order valence-electron chi connectivity index (χ2n) is 4.67. The molecule has 0 radical (unpaired) electrons. The van der Waals surface area contributed by atoms with E-state index in [0.29, 0.717) is 13.0 Å². The number of carbonyl (C=O) groups is 2. The fourth-order valence-corrected chi connectivity index (χ4v) is 2.09. The van der Waals surface area contributed by atoms with Crippen molar-refractivity contribution in [2.75, 3.05) is 13.7 Å². The molecule has 3 unspecified atom stereocenters. The van der Waals surface area contributed by atoms with Gasteiger partial charge in [0, 0.05) is 13.7 Å². The van der Waals surface area contributed by atoms with Gasteiger partial charge in [-0.2, -0.15) is 0 Å². The van der Waals surface area contributed by atoms with E-state index in [9.17, 15) is 9.59 Å². The Bertz CT molecular complexity index is 460. The molecule has 1 saturated carbocycles. The van der Waals surface area contributed by atoms with E-state index >= 15 is 0 Å². The SMILES string of the molecule is COC(CNC(=O)C1CC1C(=O)O)c1ccccc1. The fourth-order valence-electron chi connectivity index (χ4n) is 2.09. The maximum atomic E-state index is 11.7. The number of ether oxygens (including phenoxy) is 1. The van der Waals surface area contributed by atoms with E-state index in [4.69, 9.17) is 9.84 Å². The molecule has 5 heteroatoms. The predicted molar refractivity (Wildman–Crippen MR) is 68.4 cm³/mol. The van der Waals surface area contributed by atoms with Crippen molar-refractivity contribution < 1.29 is 19.4 Å². The summed E-state index contributed by atoms with van der Waals surface area (Å²) in [5, 5.41) is 11.5. The molecule has 1 aromatic carbocycles. The summed E-state index contributed by atoms with van der Waals surface area (Å²) in [7, 11) is 1.58. The van der Waals surface area contributed by atoms with Gasteiger partial charge in [0.1, 0.15) is 0 Å². The van der Waals surface area contributed by atoms with Crippen LogP contribution in [0.3, 0.4) is 0 Å². The number of carbonyl (C=O) groups excluding carboxylic acids is 1. The Labute approximate surface area is 111 Å². The number of nitrogens with one attached hydrogen (secondary N) is 1. The molecule has 1 fully saturated rings. The van der Waals surface area contributed by atoms with Crippen LogP contribution in [-0.2, 0) is 14.3 Å². The Morgan fingerprint density at radius 3 is 2.58 bits per heavy atom. The monoisotopic (exact) mass is 263 g/mol. The van der Waals surface area contributed by atoms with Gasteiger partial charge in [-0.15, -0.1) is 0 Å². The number of methoxy groups -OCH3 is 1. The van der Waals surface area contributed by atoms with E-state index in [1.165, 1.54) is 0 Å². The highest BCUT2D eigenvalue weighted by atomic mass is 16.5. The first kappa shape index (κ1) is 13.5. The van der Waals surface area contributed by atoms with E-state index in [2.05, 4.69) is 5.32 Å². The average Bonchev–Trinajstić information content (AvgIpc) is 3.21. The van der Waals surface area contributed by atoms with Crippen molar-refractivity contribution in [3.05, 3.63) is 35.9 Å². The zero-order valence-corrected chi connectivity index (χ0v) is 10.7. The second-order valence-corrected chi connectivity index (χ2v) is 4.67. The Balaban J connectivity index is 1.84. The lowest BCUT2D eigenvalue weighted by atomic mass is 10.1. The number of rotatable bonds is 6. The van der Waals surface area contributed by atoms with Crippen LogP contribution in [0, 0.1) is 11.8 Å². The number of hydrogen-bond donors (Lipinski definition) is 2. The number of carboxylic acid groups (broad SMARTS) is 1. The lowest BCUT2D eigenvalue weighted by Crippen LogP contribution is -2.31. The third kappa shape index (κ3) is 3.32. The van der Waals surface area contributed by atoms with Gasteiger partial charge in [0.15, 0.2) is 0 Å². The average molecular weight is 263 g/mol. The first-order chi connectivity index (χ1) is 9.13. The van der Waals surface area contributed by atoms with E-state index in [1.807, 2.05) is 30.3 Å². The van der Waals surface area contributed by atoms with Crippen LogP contribution in [0.25, 0.3) is 0 Å². The molecule has 3 atom stereocenters. The van der Waals surface area contributed by atoms with E-state index < -0.39 is 11.9 Å². The summed E-state index contributed by atoms with van der Waals surface area (Å²) in [4.78, 5) is 22.4. The van der Waals surface area contributed by atoms with Crippen molar-refractivity contribution in [3.63, 3.8) is 0 Å². The van der Waals surface area contributed by atoms with Crippen LogP contribution in [0.4, 0.5) is 0 Å². The largest absolute Gasteiger partial charge is 0.481 e. The molecule has 1 aliphatic carbocycles. The van der Waals surface area contributed by atoms with Gasteiger partial charge in [-0.25, -0.2) is 0 Å². The van der Waals surface area contributed by atoms with Gasteiger partial charge < -0.3 is 15.2 Å². The van der Waals surface area contributed by atoms with Crippen molar-refractivity contribution in [2.24, 2.45) is 11.8 Å². The smallest absolute Gasteiger partial charge is 0.307 e. The van der Waals surface area contributed by atoms with Crippen molar-refractivity contribution in [1.82, 2.24) is 5.32 Å². The van der Waals surface area contributed by atoms with Crippen molar-refractivity contribution in [3.8, 4) is 0 Å². The van der Waals surface area contributed by atoms with Gasteiger partial charge in [0.2, 0.25) is 5.91 Å². The van der Waals surface area contributed by atoms with Crippen LogP contribution < -0.4 is 5.32 Å². The van der Waals surface area contributed by atoms with Crippen molar-refractivity contribution in [1.29, 1.82) is 0 Å². The second kappa shape index (κ2) is 5.84. The molecule has 1 aromatic rings. The number of carboxylic acids is 1. The summed E-state index contributed by atoms with van der Waals surface area (Å²) >= 11 is 0. The first-order valence-corrected chi connectivity index (χ1v) is 6.21. The molecule has 5 nitrogen and oxygen atoms in total. The van der Waals surface area contributed by atoms with E-state index in [-0.39, 0.29) is 17.9 Å². The molecular formula is C14H17NO4. The Hall–Kier alpha value is -1.88. The minimum Gasteiger partial charge on any atom is -0.481 e. The maximum Gasteiger partial charge on any atom is 0.307 e. The van der Waals surface area contributed by atoms with Gasteiger partial charge in [-0.05, 0) is 12.0 Å². The Morgan fingerprint density at radius 2 is 2.05 bits per heavy atom. The molecule has 19 heavy (non-hydrogen) atoms. The van der Waals surface area contributed by atoms with Crippen LogP contribution >= 0.6 is 0 Å². The number of aliphatic carboxylic acids is 1. The van der Waals surface area contributed by atoms with Crippen LogP contribution in [0.15, 0.2) is 30.3 Å². The third-order valence-corrected chi connectivity index (χ3v) is 3.36. The third-order valence-electron chi connectivity index (χ3n) is 3.36. The highest BCUT2D eigenvalue weighted by Crippen LogP contribution is 2.38. The molecule has 0 bridgehead atoms. The zero-order chi connectivity index (χ0) is 13.8. The molecule has 0 heterocycles. The van der Waals surface area contributed by atoms with Gasteiger partial charge in [-0.1, -0.05) is 30.3 Å². The predicted octanol–water partition coefficient (Wildman–Crippen LogP) is 1.21. The zero-order valence-electron chi connectivity index (χ0n) is 10.7. The standard InChI is InChI=1S/C14H17NO4/c1-19-12(9-5-3-2-4-6-9)8-15-13(16)10-7-11(10)14(17)18/h2-6,10-12H,7-8H2,1H3,(H,15,16)(H,17,18). The minimum atomic E-state index is -0.897. The van der Waals surface area contributed by atoms with E-state index in [0.717, 1.165) is 5.56 Å². The maximum absolute atomic E-state index is 11.7. The summed E-state index contributed by atoms with van der Waals surface area (Å²) < 4.78 is 5.33. The molecule has 0 spiro atoms. The number of amides is 1. The van der Waals surface area contributed by atoms with E-state index in [1.54, 1.807) is 7.11 Å². The molecular weight excluding hydrogens is 246 g/mol. The molecule has 0 aromatic heterocycles. The highest BCUT2D eigenvalue weighted by molar-refractivity contribution is 5.89. The summed E-state index contributed by atoms with van der Waals surface area (Å²) in [5.41, 5.74) is 0.982. The van der Waals surface area contributed by atoms with Gasteiger partial charge in [-0.3, -0.25) is 9.59 Å². The van der Waals surface area contributed by atoms with Crippen molar-refractivity contribution in [2.45, 2.75) is 12.5 Å². The number of hydrogen-bond acceptors (Lipinski definition) is 3. The minimum absolute atomic E-state index is 0.203. The van der Waals surface area contributed by atoms with Gasteiger partial charge in [0.25, 0.3) is 0 Å². The molecule has 1 aliphatic rings.